The molecule has 0 saturated heterocycles. The number of rotatable bonds is 4. The molecule has 3 nitrogen and oxygen atoms in total. The zero-order valence-electron chi connectivity index (χ0n) is 13.9. The predicted octanol–water partition coefficient (Wildman–Crippen LogP) is 5.15. The number of nitrogens with zero attached hydrogens (tertiary/aromatic N) is 2. The van der Waals surface area contributed by atoms with Gasteiger partial charge in [0.2, 0.25) is 0 Å². The molecule has 127 valence electrons. The highest BCUT2D eigenvalue weighted by Gasteiger charge is 2.16. The summed E-state index contributed by atoms with van der Waals surface area (Å²) >= 11 is 6.39. The largest absolute Gasteiger partial charge is 0.390 e. The van der Waals surface area contributed by atoms with E-state index in [9.17, 15) is 5.11 Å². The molecule has 1 N–H and O–H groups in total. The molecular weight excluding hydrogens is 344 g/mol. The number of hydrogen-bond donors (Lipinski definition) is 1. The van der Waals surface area contributed by atoms with Crippen LogP contribution < -0.4 is 0 Å². The number of aliphatic hydroxyl groups excluding tert-OH is 1. The first-order valence-electron chi connectivity index (χ1n) is 8.29. The number of halogens is 1. The molecule has 0 amide bonds. The zero-order chi connectivity index (χ0) is 17.9. The summed E-state index contributed by atoms with van der Waals surface area (Å²) in [6, 6.07) is 28.8. The van der Waals surface area contributed by atoms with Crippen LogP contribution in [0.4, 0.5) is 0 Å². The Balaban J connectivity index is 1.96. The molecule has 4 rings (SSSR count). The van der Waals surface area contributed by atoms with Gasteiger partial charge < -0.3 is 5.11 Å². The fourth-order valence-electron chi connectivity index (χ4n) is 3.00. The minimum atomic E-state index is -0.141. The normalized spacial score (nSPS) is 10.8. The molecule has 0 atom stereocenters. The first-order valence-corrected chi connectivity index (χ1v) is 8.67. The Morgan fingerprint density at radius 3 is 2.50 bits per heavy atom. The number of para-hydroxylation sites is 1. The first kappa shape index (κ1) is 16.6. The minimum Gasteiger partial charge on any atom is -0.390 e. The van der Waals surface area contributed by atoms with Crippen LogP contribution in [-0.4, -0.2) is 14.9 Å². The van der Waals surface area contributed by atoms with Gasteiger partial charge in [0.1, 0.15) is 0 Å². The van der Waals surface area contributed by atoms with Gasteiger partial charge in [-0.25, -0.2) is 4.68 Å². The van der Waals surface area contributed by atoms with Crippen LogP contribution in [-0.2, 0) is 6.61 Å². The molecule has 0 fully saturated rings. The van der Waals surface area contributed by atoms with Crippen molar-refractivity contribution in [2.45, 2.75) is 6.61 Å². The fraction of sp³-hybridized carbons (Fsp3) is 0.0455. The highest BCUT2D eigenvalue weighted by molar-refractivity contribution is 6.32. The van der Waals surface area contributed by atoms with E-state index in [2.05, 4.69) is 29.4 Å². The quantitative estimate of drug-likeness (QED) is 0.547. The van der Waals surface area contributed by atoms with Gasteiger partial charge in [-0.1, -0.05) is 72.3 Å². The van der Waals surface area contributed by atoms with Crippen molar-refractivity contribution in [2.24, 2.45) is 0 Å². The van der Waals surface area contributed by atoms with Crippen LogP contribution in [0.3, 0.4) is 0 Å². The molecule has 1 radical (unpaired) electrons. The smallest absolute Gasteiger partial charge is 0.0889 e. The van der Waals surface area contributed by atoms with Crippen LogP contribution in [0.15, 0.2) is 78.9 Å². The number of benzene rings is 3. The molecular formula is C22H16ClN2O. The van der Waals surface area contributed by atoms with Gasteiger partial charge in [0.15, 0.2) is 0 Å². The van der Waals surface area contributed by atoms with Gasteiger partial charge in [0.05, 0.1) is 28.7 Å². The van der Waals surface area contributed by atoms with Crippen molar-refractivity contribution in [1.29, 1.82) is 0 Å². The Bertz CT molecular complexity index is 1040. The van der Waals surface area contributed by atoms with E-state index in [0.717, 1.165) is 28.1 Å². The lowest BCUT2D eigenvalue weighted by atomic mass is 9.97. The number of aliphatic hydroxyl groups is 1. The van der Waals surface area contributed by atoms with Gasteiger partial charge in [-0.05, 0) is 35.4 Å². The van der Waals surface area contributed by atoms with Crippen molar-refractivity contribution >= 4 is 11.6 Å². The second-order valence-electron chi connectivity index (χ2n) is 5.87. The summed E-state index contributed by atoms with van der Waals surface area (Å²) in [5, 5.41) is 14.7. The molecule has 0 aliphatic heterocycles. The molecule has 0 spiro atoms. The Labute approximate surface area is 157 Å². The summed E-state index contributed by atoms with van der Waals surface area (Å²) in [6.07, 6.45) is 0. The summed E-state index contributed by atoms with van der Waals surface area (Å²) in [5.74, 6) is 0. The van der Waals surface area contributed by atoms with Gasteiger partial charge in [-0.2, -0.15) is 5.10 Å². The summed E-state index contributed by atoms with van der Waals surface area (Å²) in [5.41, 5.74) is 5.23. The van der Waals surface area contributed by atoms with Gasteiger partial charge >= 0.3 is 0 Å². The highest BCUT2D eigenvalue weighted by atomic mass is 35.5. The van der Waals surface area contributed by atoms with Crippen molar-refractivity contribution < 1.29 is 5.11 Å². The maximum atomic E-state index is 9.61. The Kier molecular flexibility index (Phi) is 4.57. The highest BCUT2D eigenvalue weighted by Crippen LogP contribution is 2.34. The maximum absolute atomic E-state index is 9.61. The Morgan fingerprint density at radius 2 is 1.73 bits per heavy atom. The van der Waals surface area contributed by atoms with Crippen LogP contribution in [0.25, 0.3) is 28.1 Å². The van der Waals surface area contributed by atoms with Crippen molar-refractivity contribution in [3.05, 3.63) is 95.6 Å². The topological polar surface area (TPSA) is 38.0 Å². The van der Waals surface area contributed by atoms with Crippen LogP contribution in [0.5, 0.6) is 0 Å². The fourth-order valence-corrected chi connectivity index (χ4v) is 3.22. The lowest BCUT2D eigenvalue weighted by Crippen LogP contribution is -2.01. The molecule has 1 aromatic heterocycles. The third kappa shape index (κ3) is 3.03. The second kappa shape index (κ2) is 7.16. The van der Waals surface area contributed by atoms with Crippen LogP contribution in [0.2, 0.25) is 5.02 Å². The van der Waals surface area contributed by atoms with E-state index in [1.54, 1.807) is 4.68 Å². The SMILES string of the molecule is OCc1cc(-c2[c]cccc2-c2ccccc2)n(-c2ccccc2Cl)n1. The second-order valence-corrected chi connectivity index (χ2v) is 6.27. The zero-order valence-corrected chi connectivity index (χ0v) is 14.7. The number of hydrogen-bond acceptors (Lipinski definition) is 2. The summed E-state index contributed by atoms with van der Waals surface area (Å²) in [4.78, 5) is 0. The molecule has 26 heavy (non-hydrogen) atoms. The third-order valence-corrected chi connectivity index (χ3v) is 4.52. The van der Waals surface area contributed by atoms with E-state index in [-0.39, 0.29) is 6.61 Å². The Hall–Kier alpha value is -2.88. The molecule has 0 saturated carbocycles. The molecule has 0 aliphatic rings. The molecule has 1 heterocycles. The lowest BCUT2D eigenvalue weighted by molar-refractivity contribution is 0.276. The van der Waals surface area contributed by atoms with E-state index in [0.29, 0.717) is 10.7 Å². The van der Waals surface area contributed by atoms with E-state index in [1.165, 1.54) is 0 Å². The van der Waals surface area contributed by atoms with Crippen LogP contribution >= 0.6 is 11.6 Å². The van der Waals surface area contributed by atoms with Crippen molar-refractivity contribution in [3.8, 4) is 28.1 Å². The monoisotopic (exact) mass is 359 g/mol. The van der Waals surface area contributed by atoms with Gasteiger partial charge in [-0.3, -0.25) is 0 Å². The van der Waals surface area contributed by atoms with E-state index in [4.69, 9.17) is 11.6 Å². The van der Waals surface area contributed by atoms with Gasteiger partial charge in [0.25, 0.3) is 0 Å². The molecule has 3 aromatic carbocycles. The first-order chi connectivity index (χ1) is 12.8. The average Bonchev–Trinajstić information content (AvgIpc) is 3.13. The maximum Gasteiger partial charge on any atom is 0.0889 e. The van der Waals surface area contributed by atoms with Gasteiger partial charge in [-0.15, -0.1) is 0 Å². The van der Waals surface area contributed by atoms with E-state index < -0.39 is 0 Å². The van der Waals surface area contributed by atoms with Crippen LogP contribution in [0, 0.1) is 6.07 Å². The lowest BCUT2D eigenvalue weighted by Gasteiger charge is -2.13. The van der Waals surface area contributed by atoms with Crippen molar-refractivity contribution in [3.63, 3.8) is 0 Å². The van der Waals surface area contributed by atoms with E-state index in [1.807, 2.05) is 60.7 Å². The summed E-state index contributed by atoms with van der Waals surface area (Å²) in [7, 11) is 0. The third-order valence-electron chi connectivity index (χ3n) is 4.20. The molecule has 4 heteroatoms. The molecule has 4 aromatic rings. The predicted molar refractivity (Wildman–Crippen MR) is 104 cm³/mol. The molecule has 0 unspecified atom stereocenters. The van der Waals surface area contributed by atoms with Crippen molar-refractivity contribution in [2.75, 3.05) is 0 Å². The number of aromatic nitrogens is 2. The summed E-state index contributed by atoms with van der Waals surface area (Å²) in [6.45, 7) is -0.141. The minimum absolute atomic E-state index is 0.141. The molecule has 0 bridgehead atoms. The Morgan fingerprint density at radius 1 is 0.962 bits per heavy atom. The molecule has 0 aliphatic carbocycles. The van der Waals surface area contributed by atoms with Gasteiger partial charge in [0, 0.05) is 5.56 Å². The van der Waals surface area contributed by atoms with Crippen LogP contribution in [0.1, 0.15) is 5.69 Å². The van der Waals surface area contributed by atoms with E-state index >= 15 is 0 Å². The standard InChI is InChI=1S/C22H16ClN2O/c23-20-12-6-7-13-21(20)25-22(14-17(15-26)24-25)19-11-5-4-10-18(19)16-8-2-1-3-9-16/h1-10,12-14,26H,15H2. The average molecular weight is 360 g/mol. The van der Waals surface area contributed by atoms with Crippen molar-refractivity contribution in [1.82, 2.24) is 9.78 Å². The summed E-state index contributed by atoms with van der Waals surface area (Å²) < 4.78 is 1.77.